The van der Waals surface area contributed by atoms with Crippen molar-refractivity contribution in [2.75, 3.05) is 6.54 Å². The number of rotatable bonds is 4. The largest absolute Gasteiger partial charge is 0.352 e. The summed E-state index contributed by atoms with van der Waals surface area (Å²) in [5.74, 6) is 0.0132. The van der Waals surface area contributed by atoms with Gasteiger partial charge in [0.15, 0.2) is 0 Å². The molecule has 0 radical (unpaired) electrons. The minimum absolute atomic E-state index is 0.0132. The van der Waals surface area contributed by atoms with E-state index in [9.17, 15) is 4.79 Å². The van der Waals surface area contributed by atoms with Crippen molar-refractivity contribution >= 4 is 5.91 Å². The molecule has 3 rings (SSSR count). The number of aryl methyl sites for hydroxylation is 2. The van der Waals surface area contributed by atoms with Crippen LogP contribution in [-0.4, -0.2) is 17.4 Å². The first-order chi connectivity index (χ1) is 10.3. The van der Waals surface area contributed by atoms with Crippen LogP contribution in [0, 0.1) is 0 Å². The van der Waals surface area contributed by atoms with Gasteiger partial charge < -0.3 is 5.32 Å². The fraction of sp³-hybridized carbons (Fsp3) is 0.333. The van der Waals surface area contributed by atoms with Gasteiger partial charge in [0.05, 0.1) is 0 Å². The molecule has 2 aromatic rings. The Morgan fingerprint density at radius 1 is 1.10 bits per heavy atom. The molecule has 3 heteroatoms. The highest BCUT2D eigenvalue weighted by molar-refractivity contribution is 5.94. The Morgan fingerprint density at radius 2 is 1.95 bits per heavy atom. The number of carbonyl (C=O) groups excluding carboxylic acids is 1. The van der Waals surface area contributed by atoms with Crippen molar-refractivity contribution < 1.29 is 4.79 Å². The van der Waals surface area contributed by atoms with Crippen LogP contribution in [0.1, 0.15) is 40.0 Å². The molecule has 21 heavy (non-hydrogen) atoms. The Kier molecular flexibility index (Phi) is 4.29. The van der Waals surface area contributed by atoms with Crippen molar-refractivity contribution in [3.63, 3.8) is 0 Å². The summed E-state index contributed by atoms with van der Waals surface area (Å²) < 4.78 is 0. The maximum atomic E-state index is 12.2. The lowest BCUT2D eigenvalue weighted by Gasteiger charge is -2.16. The lowest BCUT2D eigenvalue weighted by Crippen LogP contribution is -2.26. The van der Waals surface area contributed by atoms with Crippen LogP contribution < -0.4 is 5.32 Å². The van der Waals surface area contributed by atoms with Crippen LogP contribution in [0.5, 0.6) is 0 Å². The highest BCUT2D eigenvalue weighted by Crippen LogP contribution is 2.22. The minimum atomic E-state index is 0.0132. The van der Waals surface area contributed by atoms with Crippen LogP contribution in [-0.2, 0) is 19.3 Å². The van der Waals surface area contributed by atoms with E-state index >= 15 is 0 Å². The first kappa shape index (κ1) is 13.8. The van der Waals surface area contributed by atoms with E-state index in [1.54, 1.807) is 6.20 Å². The van der Waals surface area contributed by atoms with Gasteiger partial charge in [-0.1, -0.05) is 12.1 Å². The first-order valence-electron chi connectivity index (χ1n) is 7.63. The molecule has 1 amide bonds. The second kappa shape index (κ2) is 6.53. The summed E-state index contributed by atoms with van der Waals surface area (Å²) in [7, 11) is 0. The van der Waals surface area contributed by atoms with E-state index in [2.05, 4.69) is 22.4 Å². The van der Waals surface area contributed by atoms with Gasteiger partial charge in [0.1, 0.15) is 0 Å². The van der Waals surface area contributed by atoms with Crippen molar-refractivity contribution in [1.29, 1.82) is 0 Å². The number of hydrogen-bond acceptors (Lipinski definition) is 2. The first-order valence-corrected chi connectivity index (χ1v) is 7.63. The number of carbonyl (C=O) groups is 1. The van der Waals surface area contributed by atoms with Crippen LogP contribution in [0.2, 0.25) is 0 Å². The molecule has 0 fully saturated rings. The predicted octanol–water partition coefficient (Wildman–Crippen LogP) is 2.93. The number of aromatic nitrogens is 1. The summed E-state index contributed by atoms with van der Waals surface area (Å²) in [4.78, 5) is 16.4. The predicted molar refractivity (Wildman–Crippen MR) is 83.4 cm³/mol. The summed E-state index contributed by atoms with van der Waals surface area (Å²) in [5.41, 5.74) is 4.53. The Hall–Kier alpha value is -2.16. The van der Waals surface area contributed by atoms with E-state index < -0.39 is 0 Å². The minimum Gasteiger partial charge on any atom is -0.352 e. The zero-order valence-corrected chi connectivity index (χ0v) is 12.1. The summed E-state index contributed by atoms with van der Waals surface area (Å²) in [6.45, 7) is 0.618. The van der Waals surface area contributed by atoms with Crippen LogP contribution >= 0.6 is 0 Å². The van der Waals surface area contributed by atoms with Gasteiger partial charge in [0.25, 0.3) is 5.91 Å². The Balaban J connectivity index is 1.58. The van der Waals surface area contributed by atoms with Gasteiger partial charge in [-0.2, -0.15) is 0 Å². The molecule has 1 aromatic heterocycles. The normalized spacial score (nSPS) is 13.5. The summed E-state index contributed by atoms with van der Waals surface area (Å²) in [6, 6.07) is 12.0. The molecule has 1 N–H and O–H groups in total. The monoisotopic (exact) mass is 280 g/mol. The van der Waals surface area contributed by atoms with Crippen molar-refractivity contribution in [2.45, 2.75) is 32.1 Å². The van der Waals surface area contributed by atoms with E-state index in [0.29, 0.717) is 6.54 Å². The molecule has 0 atom stereocenters. The molecule has 0 spiro atoms. The maximum absolute atomic E-state index is 12.2. The molecule has 1 aromatic carbocycles. The molecule has 1 aliphatic carbocycles. The number of fused-ring (bicyclic) bond motifs is 1. The lowest BCUT2D eigenvalue weighted by molar-refractivity contribution is 0.0954. The molecule has 3 nitrogen and oxygen atoms in total. The molecule has 0 bridgehead atoms. The third-order valence-electron chi connectivity index (χ3n) is 4.00. The SMILES string of the molecule is O=C(NCCc1ccccn1)c1ccc2c(c1)CCCC2. The molecular formula is C18H20N2O. The Morgan fingerprint density at radius 3 is 2.76 bits per heavy atom. The quantitative estimate of drug-likeness (QED) is 0.935. The van der Waals surface area contributed by atoms with E-state index in [0.717, 1.165) is 30.5 Å². The van der Waals surface area contributed by atoms with Gasteiger partial charge in [0.2, 0.25) is 0 Å². The van der Waals surface area contributed by atoms with E-state index in [1.165, 1.54) is 24.0 Å². The number of nitrogens with one attached hydrogen (secondary N) is 1. The second-order valence-corrected chi connectivity index (χ2v) is 5.52. The van der Waals surface area contributed by atoms with Gasteiger partial charge in [-0.15, -0.1) is 0 Å². The third kappa shape index (κ3) is 3.48. The summed E-state index contributed by atoms with van der Waals surface area (Å²) >= 11 is 0. The topological polar surface area (TPSA) is 42.0 Å². The van der Waals surface area contributed by atoms with Crippen LogP contribution in [0.15, 0.2) is 42.6 Å². The van der Waals surface area contributed by atoms with Crippen molar-refractivity contribution in [2.24, 2.45) is 0 Å². The zero-order chi connectivity index (χ0) is 14.5. The number of hydrogen-bond donors (Lipinski definition) is 1. The third-order valence-corrected chi connectivity index (χ3v) is 4.00. The average Bonchev–Trinajstić information content (AvgIpc) is 2.55. The molecule has 1 heterocycles. The van der Waals surface area contributed by atoms with Gasteiger partial charge in [-0.3, -0.25) is 9.78 Å². The molecule has 0 saturated carbocycles. The highest BCUT2D eigenvalue weighted by atomic mass is 16.1. The standard InChI is InChI=1S/C18H20N2O/c21-18(20-12-10-17-7-3-4-11-19-17)16-9-8-14-5-1-2-6-15(14)13-16/h3-4,7-9,11,13H,1-2,5-6,10,12H2,(H,20,21). The summed E-state index contributed by atoms with van der Waals surface area (Å²) in [6.07, 6.45) is 7.29. The Bertz CT molecular complexity index is 622. The van der Waals surface area contributed by atoms with Gasteiger partial charge in [-0.05, 0) is 61.1 Å². The molecule has 0 saturated heterocycles. The Labute approximate surface area is 125 Å². The fourth-order valence-corrected chi connectivity index (χ4v) is 2.83. The van der Waals surface area contributed by atoms with Gasteiger partial charge in [-0.25, -0.2) is 0 Å². The van der Waals surface area contributed by atoms with Crippen LogP contribution in [0.25, 0.3) is 0 Å². The second-order valence-electron chi connectivity index (χ2n) is 5.52. The van der Waals surface area contributed by atoms with E-state index in [1.807, 2.05) is 24.3 Å². The van der Waals surface area contributed by atoms with Gasteiger partial charge >= 0.3 is 0 Å². The summed E-state index contributed by atoms with van der Waals surface area (Å²) in [5, 5.41) is 2.98. The fourth-order valence-electron chi connectivity index (χ4n) is 2.83. The van der Waals surface area contributed by atoms with Crippen molar-refractivity contribution in [3.8, 4) is 0 Å². The smallest absolute Gasteiger partial charge is 0.251 e. The van der Waals surface area contributed by atoms with Crippen molar-refractivity contribution in [3.05, 3.63) is 65.0 Å². The number of amides is 1. The molecule has 1 aliphatic rings. The van der Waals surface area contributed by atoms with Crippen LogP contribution in [0.3, 0.4) is 0 Å². The highest BCUT2D eigenvalue weighted by Gasteiger charge is 2.12. The maximum Gasteiger partial charge on any atom is 0.251 e. The van der Waals surface area contributed by atoms with E-state index in [-0.39, 0.29) is 5.91 Å². The molecular weight excluding hydrogens is 260 g/mol. The molecule has 0 unspecified atom stereocenters. The number of benzene rings is 1. The number of nitrogens with zero attached hydrogens (tertiary/aromatic N) is 1. The van der Waals surface area contributed by atoms with Crippen molar-refractivity contribution in [1.82, 2.24) is 10.3 Å². The van der Waals surface area contributed by atoms with E-state index in [4.69, 9.17) is 0 Å². The lowest BCUT2D eigenvalue weighted by atomic mass is 9.90. The zero-order valence-electron chi connectivity index (χ0n) is 12.1. The average molecular weight is 280 g/mol. The number of pyridine rings is 1. The molecule has 108 valence electrons. The van der Waals surface area contributed by atoms with Crippen LogP contribution in [0.4, 0.5) is 0 Å². The molecule has 0 aliphatic heterocycles. The van der Waals surface area contributed by atoms with Gasteiger partial charge in [0, 0.05) is 30.4 Å².